The van der Waals surface area contributed by atoms with Crippen LogP contribution in [0.15, 0.2) is 169 Å². The van der Waals surface area contributed by atoms with Crippen LogP contribution in [0.4, 0.5) is 11.6 Å². The van der Waals surface area contributed by atoms with Crippen LogP contribution >= 0.6 is 8.25 Å². The quantitative estimate of drug-likeness (QED) is 0.0387. The van der Waals surface area contributed by atoms with E-state index in [0.29, 0.717) is 40.2 Å². The van der Waals surface area contributed by atoms with Crippen LogP contribution in [-0.2, 0) is 37.9 Å². The van der Waals surface area contributed by atoms with E-state index < -0.39 is 70.6 Å². The fraction of sp³-hybridized carbons (Fsp3) is 0.317. The average molecular weight is 1150 g/mol. The van der Waals surface area contributed by atoms with Gasteiger partial charge in [0.15, 0.2) is 25.3 Å². The molecule has 2 fully saturated rings. The van der Waals surface area contributed by atoms with Crippen LogP contribution in [0.1, 0.15) is 83.5 Å². The average Bonchev–Trinajstić information content (AvgIpc) is 3.63. The molecule has 5 heterocycles. The Labute approximate surface area is 476 Å². The summed E-state index contributed by atoms with van der Waals surface area (Å²) >= 11 is 0. The van der Waals surface area contributed by atoms with Crippen molar-refractivity contribution in [1.82, 2.24) is 29.1 Å². The van der Waals surface area contributed by atoms with Gasteiger partial charge >= 0.3 is 13.9 Å². The molecule has 82 heavy (non-hydrogen) atoms. The second-order valence-corrected chi connectivity index (χ2v) is 27.0. The molecule has 2 amide bonds. The highest BCUT2D eigenvalue weighted by atomic mass is 31.1. The third kappa shape index (κ3) is 12.5. The van der Waals surface area contributed by atoms with Crippen LogP contribution < -0.4 is 25.8 Å². The maximum Gasteiger partial charge on any atom is 0.697 e. The van der Waals surface area contributed by atoms with Crippen molar-refractivity contribution in [2.24, 2.45) is 0 Å². The van der Waals surface area contributed by atoms with Gasteiger partial charge in [0.05, 0.1) is 33.3 Å². The van der Waals surface area contributed by atoms with Crippen molar-refractivity contribution in [2.75, 3.05) is 38.1 Å². The Bertz CT molecular complexity index is 3530. The second-order valence-electron chi connectivity index (χ2n) is 21.3. The summed E-state index contributed by atoms with van der Waals surface area (Å²) in [7, 11) is -2.16. The van der Waals surface area contributed by atoms with E-state index in [4.69, 9.17) is 37.2 Å². The van der Waals surface area contributed by atoms with Crippen molar-refractivity contribution in [3.63, 3.8) is 0 Å². The van der Waals surface area contributed by atoms with Gasteiger partial charge in [0.2, 0.25) is 0 Å². The Morgan fingerprint density at radius 2 is 1.21 bits per heavy atom. The number of methoxy groups -OCH3 is 2. The molecular formula is C60H64N8O12PSi+. The number of nitrogens with zero attached hydrogens (tertiary/aromatic N) is 6. The first-order valence-corrected chi connectivity index (χ1v) is 30.8. The van der Waals surface area contributed by atoms with E-state index in [1.54, 1.807) is 79.7 Å². The monoisotopic (exact) mass is 1150 g/mol. The third-order valence-electron chi connectivity index (χ3n) is 15.2. The molecule has 20 nitrogen and oxygen atoms in total. The van der Waals surface area contributed by atoms with E-state index >= 15 is 0 Å². The van der Waals surface area contributed by atoms with E-state index in [1.165, 1.54) is 23.2 Å². The number of fused-ring (bicyclic) bond motifs is 1. The molecule has 3 aromatic heterocycles. The summed E-state index contributed by atoms with van der Waals surface area (Å²) in [6.45, 7) is 10.4. The van der Waals surface area contributed by atoms with Gasteiger partial charge in [-0.15, -0.1) is 9.05 Å². The number of imidazole rings is 1. The van der Waals surface area contributed by atoms with Crippen molar-refractivity contribution in [2.45, 2.75) is 94.2 Å². The summed E-state index contributed by atoms with van der Waals surface area (Å²) in [5.41, 5.74) is 1.95. The van der Waals surface area contributed by atoms with Gasteiger partial charge < -0.3 is 38.7 Å². The van der Waals surface area contributed by atoms with Crippen LogP contribution in [0.3, 0.4) is 0 Å². The van der Waals surface area contributed by atoms with E-state index in [0.717, 1.165) is 16.7 Å². The molecule has 8 aromatic rings. The molecule has 0 bridgehead atoms. The van der Waals surface area contributed by atoms with Gasteiger partial charge in [-0.3, -0.25) is 18.7 Å². The Morgan fingerprint density at radius 3 is 1.78 bits per heavy atom. The fourth-order valence-electron chi connectivity index (χ4n) is 9.79. The Morgan fingerprint density at radius 1 is 0.671 bits per heavy atom. The van der Waals surface area contributed by atoms with Crippen LogP contribution in [0.2, 0.25) is 18.1 Å². The Balaban J connectivity index is 0.927. The minimum atomic E-state index is -2.91. The number of anilines is 2. The number of rotatable bonds is 21. The van der Waals surface area contributed by atoms with Crippen molar-refractivity contribution in [1.29, 1.82) is 0 Å². The smallest absolute Gasteiger partial charge is 0.497 e. The molecule has 2 saturated heterocycles. The summed E-state index contributed by atoms with van der Waals surface area (Å²) in [4.78, 5) is 57.8. The lowest BCUT2D eigenvalue weighted by atomic mass is 9.80. The van der Waals surface area contributed by atoms with Crippen LogP contribution in [0.25, 0.3) is 11.2 Å². The zero-order valence-corrected chi connectivity index (χ0v) is 48.3. The summed E-state index contributed by atoms with van der Waals surface area (Å²) in [6.07, 6.45) is -0.0545. The molecule has 5 aromatic carbocycles. The molecule has 2 aliphatic rings. The van der Waals surface area contributed by atoms with Gasteiger partial charge in [0.1, 0.15) is 66.6 Å². The molecule has 2 N–H and O–H groups in total. The highest BCUT2D eigenvalue weighted by Gasteiger charge is 2.49. The van der Waals surface area contributed by atoms with Crippen molar-refractivity contribution in [3.05, 3.63) is 203 Å². The number of hydrogen-bond acceptors (Lipinski definition) is 16. The fourth-order valence-corrected chi connectivity index (χ4v) is 11.9. The zero-order chi connectivity index (χ0) is 57.6. The second kappa shape index (κ2) is 24.7. The third-order valence-corrected chi connectivity index (χ3v) is 20.5. The first-order chi connectivity index (χ1) is 39.5. The molecule has 1 unspecified atom stereocenters. The first-order valence-electron chi connectivity index (χ1n) is 26.8. The Hall–Kier alpha value is -7.85. The summed E-state index contributed by atoms with van der Waals surface area (Å²) < 4.78 is 68.8. The van der Waals surface area contributed by atoms with E-state index in [2.05, 4.69) is 64.4 Å². The number of carbonyl (C=O) groups is 2. The molecule has 7 atom stereocenters. The summed E-state index contributed by atoms with van der Waals surface area (Å²) in [5, 5.41) is 5.37. The van der Waals surface area contributed by atoms with E-state index in [-0.39, 0.29) is 42.2 Å². The van der Waals surface area contributed by atoms with Crippen molar-refractivity contribution >= 4 is 51.2 Å². The lowest BCUT2D eigenvalue weighted by molar-refractivity contribution is -0.0925. The van der Waals surface area contributed by atoms with Gasteiger partial charge in [-0.25, -0.2) is 19.7 Å². The normalized spacial score (nSPS) is 19.4. The zero-order valence-electron chi connectivity index (χ0n) is 46.4. The number of aromatic nitrogens is 6. The maximum absolute atomic E-state index is 14.4. The molecule has 10 rings (SSSR count). The molecule has 0 radical (unpaired) electrons. The standard InChI is InChI=1S/C60H63N8O12PSi/c1-59(2,3)82(6,7)80-47-34-52(68-38-63-53-54(61-37-62-55(53)68)66-57(70)40-19-13-9-14-20-40)78-49(47)36-76-81(72)79-46-33-51(67-32-31-50(65-58(67)71)64-56(69)39-17-11-8-12-18-39)77-48(46)35-75-60(41-21-15-10-16-22-41,42-23-27-44(73-4)28-24-42)43-25-29-45(74-5)30-26-43/h8-32,37-38,46-49,51-52H,33-36H2,1-7H3,(H-,61,62,64,65,66,69,70,71)/p+1/t46-,47-,48+,49+,51+,52+/m0/s1. The molecule has 424 valence electrons. The van der Waals surface area contributed by atoms with Crippen molar-refractivity contribution < 1.29 is 51.3 Å². The van der Waals surface area contributed by atoms with Gasteiger partial charge in [0, 0.05) is 34.7 Å². The topological polar surface area (TPSA) is 228 Å². The number of carbonyl (C=O) groups excluding carboxylic acids is 2. The Kier molecular flexibility index (Phi) is 17.3. The van der Waals surface area contributed by atoms with Gasteiger partial charge in [0.25, 0.3) is 11.8 Å². The number of benzene rings is 5. The molecule has 2 aliphatic heterocycles. The lowest BCUT2D eigenvalue weighted by Crippen LogP contribution is -2.46. The minimum Gasteiger partial charge on any atom is -0.497 e. The van der Waals surface area contributed by atoms with E-state index in [9.17, 15) is 18.9 Å². The summed E-state index contributed by atoms with van der Waals surface area (Å²) in [5.74, 6) is 0.779. The molecular weight excluding hydrogens is 1080 g/mol. The lowest BCUT2D eigenvalue weighted by Gasteiger charge is -2.39. The van der Waals surface area contributed by atoms with Crippen molar-refractivity contribution in [3.8, 4) is 11.5 Å². The largest absolute Gasteiger partial charge is 0.697 e. The highest BCUT2D eigenvalue weighted by molar-refractivity contribution is 7.33. The minimum absolute atomic E-state index is 0.0155. The number of ether oxygens (including phenoxy) is 5. The number of amides is 2. The summed E-state index contributed by atoms with van der Waals surface area (Å²) in [6, 6.07) is 43.7. The molecule has 22 heteroatoms. The molecule has 0 spiro atoms. The maximum atomic E-state index is 14.4. The predicted octanol–water partition coefficient (Wildman–Crippen LogP) is 10.6. The number of nitrogens with one attached hydrogen (secondary N) is 2. The van der Waals surface area contributed by atoms with Gasteiger partial charge in [-0.2, -0.15) is 4.98 Å². The molecule has 0 saturated carbocycles. The van der Waals surface area contributed by atoms with Crippen LogP contribution in [-0.4, -0.2) is 101 Å². The highest BCUT2D eigenvalue weighted by Crippen LogP contribution is 2.46. The predicted molar refractivity (Wildman–Crippen MR) is 308 cm³/mol. The SMILES string of the molecule is COc1ccc(C(OC[C@H]2O[C@@H](n3ccc(NC(=O)c4ccccc4)nc3=O)C[C@@H]2O[P+](=O)OC[C@H]2O[C@@H](n3cnc4c(NC(=O)c5ccccc5)ncnc43)C[C@@H]2O[Si](C)(C)C(C)(C)C)(c2ccccc2)c2ccc(OC)cc2)cc1. The van der Waals surface area contributed by atoms with Crippen LogP contribution in [0.5, 0.6) is 11.5 Å². The molecule has 0 aliphatic carbocycles. The van der Waals surface area contributed by atoms with Gasteiger partial charge in [-0.1, -0.05) is 112 Å². The van der Waals surface area contributed by atoms with E-state index in [1.807, 2.05) is 84.9 Å². The first kappa shape index (κ1) is 57.4. The van der Waals surface area contributed by atoms with Gasteiger partial charge in [-0.05, 0) is 89.4 Å². The number of hydrogen-bond donors (Lipinski definition) is 2. The van der Waals surface area contributed by atoms with Crippen LogP contribution in [0, 0.1) is 0 Å².